The number of carboxylic acid groups (broad SMARTS) is 1. The van der Waals surface area contributed by atoms with Crippen LogP contribution in [0.4, 0.5) is 5.13 Å². The van der Waals surface area contributed by atoms with Gasteiger partial charge in [0, 0.05) is 48.8 Å². The van der Waals surface area contributed by atoms with Crippen molar-refractivity contribution in [2.75, 3.05) is 19.0 Å². The van der Waals surface area contributed by atoms with E-state index in [2.05, 4.69) is 27.1 Å². The Labute approximate surface area is 321 Å². The maximum atomic E-state index is 12.4. The molecule has 2 saturated carbocycles. The zero-order chi connectivity index (χ0) is 39.6. The largest absolute Gasteiger partial charge is 0.497 e. The minimum absolute atomic E-state index is 0.0142. The molecule has 13 nitrogen and oxygen atoms in total. The molecule has 14 heteroatoms. The van der Waals surface area contributed by atoms with Gasteiger partial charge in [-0.25, -0.2) is 4.98 Å². The van der Waals surface area contributed by atoms with Gasteiger partial charge in [0.05, 0.1) is 29.9 Å². The number of aliphatic carboxylic acids is 1. The summed E-state index contributed by atoms with van der Waals surface area (Å²) in [4.78, 5) is 65.3. The van der Waals surface area contributed by atoms with Crippen molar-refractivity contribution in [1.29, 1.82) is 0 Å². The zero-order valence-corrected chi connectivity index (χ0v) is 32.9. The zero-order valence-electron chi connectivity index (χ0n) is 32.1. The Morgan fingerprint density at radius 1 is 1.06 bits per heavy atom. The molecule has 3 amide bonds. The molecule has 1 saturated heterocycles. The predicted octanol–water partition coefficient (Wildman–Crippen LogP) is 6.61. The number of thiazole rings is 1. The number of benzene rings is 1. The minimum Gasteiger partial charge on any atom is -0.497 e. The lowest BCUT2D eigenvalue weighted by atomic mass is 10.1. The van der Waals surface area contributed by atoms with Gasteiger partial charge >= 0.3 is 5.97 Å². The number of methoxy groups -OCH3 is 1. The van der Waals surface area contributed by atoms with E-state index in [0.29, 0.717) is 30.8 Å². The van der Waals surface area contributed by atoms with Gasteiger partial charge in [-0.3, -0.25) is 24.0 Å². The molecule has 3 unspecified atom stereocenters. The van der Waals surface area contributed by atoms with Crippen molar-refractivity contribution < 1.29 is 29.0 Å². The Bertz CT molecular complexity index is 1760. The summed E-state index contributed by atoms with van der Waals surface area (Å²) in [6.45, 7) is 5.95. The number of nitrogens with zero attached hydrogens (tertiary/aromatic N) is 2. The molecule has 0 radical (unpaired) electrons. The number of fused-ring (bicyclic) bond motifs is 1. The average Bonchev–Trinajstić information content (AvgIpc) is 3.53. The lowest BCUT2D eigenvalue weighted by Gasteiger charge is -2.22. The summed E-state index contributed by atoms with van der Waals surface area (Å²) in [6.07, 6.45) is 16.8. The van der Waals surface area contributed by atoms with Gasteiger partial charge in [0.2, 0.25) is 17.7 Å². The number of hydrogen-bond donors (Lipinski definition) is 5. The van der Waals surface area contributed by atoms with Gasteiger partial charge in [-0.1, -0.05) is 51.7 Å². The topological polar surface area (TPSA) is 211 Å². The van der Waals surface area contributed by atoms with Crippen molar-refractivity contribution in [2.24, 2.45) is 23.3 Å². The van der Waals surface area contributed by atoms with Gasteiger partial charge in [0.15, 0.2) is 10.6 Å². The van der Waals surface area contributed by atoms with Crippen LogP contribution in [0.15, 0.2) is 46.6 Å². The first-order chi connectivity index (χ1) is 26.0. The number of rotatable bonds is 14. The highest BCUT2D eigenvalue weighted by atomic mass is 32.1. The summed E-state index contributed by atoms with van der Waals surface area (Å²) in [5.41, 5.74) is 12.1. The van der Waals surface area contributed by atoms with E-state index in [1.165, 1.54) is 32.6 Å². The van der Waals surface area contributed by atoms with E-state index < -0.39 is 17.9 Å². The summed E-state index contributed by atoms with van der Waals surface area (Å²) < 4.78 is 5.24. The Morgan fingerprint density at radius 2 is 1.76 bits per heavy atom. The number of nitrogens with one attached hydrogen (secondary N) is 2. The SMILES string of the molecule is CC.CC(N)=O.COc1ccc2c(=O)cc(-c3csc(NC4CCCC4)n3)[nH]c2c1.NC(=O)C1CCCN1C(=O)CCCCCC/C=C\C1CC1C(=O)O. The highest BCUT2D eigenvalue weighted by molar-refractivity contribution is 7.14. The molecule has 54 heavy (non-hydrogen) atoms. The second kappa shape index (κ2) is 22.5. The number of carbonyl (C=O) groups excluding carboxylic acids is 3. The summed E-state index contributed by atoms with van der Waals surface area (Å²) in [5.74, 6) is -0.581. The number of H-pyrrole nitrogens is 1. The standard InChI is InChI=1S/C18H19N3O2S.C18H28N2O4.C2H5NO.C2H6/c1-23-12-6-7-13-14(8-12)20-15(9-17(13)22)16-10-24-18(21-16)19-11-4-2-3-5-11;19-17(22)15-9-7-11-20(15)16(21)10-6-4-2-1-3-5-8-13-12-14(13)18(23)24;1-2(3)4;1-2/h6-11H,2-5H2,1H3,(H,19,21)(H,20,22);5,8,13-15H,1-4,6-7,9-12H2,(H2,19,22)(H,23,24);1H3,(H2,3,4);1-2H3/b;8-5-;;. The summed E-state index contributed by atoms with van der Waals surface area (Å²) in [7, 11) is 1.62. The van der Waals surface area contributed by atoms with E-state index in [0.717, 1.165) is 72.7 Å². The summed E-state index contributed by atoms with van der Waals surface area (Å²) >= 11 is 1.58. The maximum Gasteiger partial charge on any atom is 0.307 e. The van der Waals surface area contributed by atoms with Crippen LogP contribution >= 0.6 is 11.3 Å². The van der Waals surface area contributed by atoms with Gasteiger partial charge < -0.3 is 36.5 Å². The van der Waals surface area contributed by atoms with Crippen LogP contribution in [-0.2, 0) is 19.2 Å². The molecule has 3 fully saturated rings. The molecular weight excluding hydrogens is 709 g/mol. The van der Waals surface area contributed by atoms with Gasteiger partial charge in [-0.05, 0) is 69.4 Å². The molecule has 3 aliphatic rings. The van der Waals surface area contributed by atoms with Gasteiger partial charge in [0.1, 0.15) is 11.8 Å². The van der Waals surface area contributed by atoms with Crippen molar-refractivity contribution >= 4 is 51.1 Å². The Balaban J connectivity index is 0.000000254. The van der Waals surface area contributed by atoms with Crippen LogP contribution in [0.3, 0.4) is 0 Å². The Morgan fingerprint density at radius 3 is 2.41 bits per heavy atom. The van der Waals surface area contributed by atoms with Crippen LogP contribution in [-0.4, -0.2) is 69.4 Å². The molecule has 2 aromatic heterocycles. The highest BCUT2D eigenvalue weighted by Gasteiger charge is 2.41. The van der Waals surface area contributed by atoms with Crippen LogP contribution < -0.4 is 26.9 Å². The maximum absolute atomic E-state index is 12.4. The fourth-order valence-corrected chi connectivity index (χ4v) is 7.37. The number of nitrogens with two attached hydrogens (primary N) is 2. The fraction of sp³-hybridized carbons (Fsp3) is 0.550. The first-order valence-corrected chi connectivity index (χ1v) is 20.0. The van der Waals surface area contributed by atoms with Crippen molar-refractivity contribution in [1.82, 2.24) is 14.9 Å². The number of amides is 3. The molecule has 7 N–H and O–H groups in total. The van der Waals surface area contributed by atoms with Crippen LogP contribution in [0.5, 0.6) is 5.75 Å². The molecule has 3 heterocycles. The number of unbranched alkanes of at least 4 members (excludes halogenated alkanes) is 4. The average molecular weight is 767 g/mol. The van der Waals surface area contributed by atoms with Crippen molar-refractivity contribution in [3.8, 4) is 17.1 Å². The third-order valence-corrected chi connectivity index (χ3v) is 10.2. The fourth-order valence-electron chi connectivity index (χ4n) is 6.58. The molecule has 1 aromatic carbocycles. The van der Waals surface area contributed by atoms with Crippen LogP contribution in [0, 0.1) is 11.8 Å². The number of allylic oxidation sites excluding steroid dienone is 2. The third-order valence-electron chi connectivity index (χ3n) is 9.45. The van der Waals surface area contributed by atoms with E-state index in [1.807, 2.05) is 31.4 Å². The number of aromatic amines is 1. The van der Waals surface area contributed by atoms with Gasteiger partial charge in [-0.15, -0.1) is 11.3 Å². The smallest absolute Gasteiger partial charge is 0.307 e. The minimum atomic E-state index is -0.689. The summed E-state index contributed by atoms with van der Waals surface area (Å²) in [5, 5.41) is 15.9. The molecule has 3 aromatic rings. The molecule has 6 rings (SSSR count). The Kier molecular flexibility index (Phi) is 18.2. The number of likely N-dealkylation sites (tertiary alicyclic amines) is 1. The number of pyridine rings is 1. The van der Waals surface area contributed by atoms with E-state index >= 15 is 0 Å². The highest BCUT2D eigenvalue weighted by Crippen LogP contribution is 2.39. The molecule has 3 atom stereocenters. The number of carbonyl (C=O) groups is 4. The molecule has 1 aliphatic heterocycles. The second-order valence-corrected chi connectivity index (χ2v) is 14.5. The van der Waals surface area contributed by atoms with E-state index in [1.54, 1.807) is 41.5 Å². The van der Waals surface area contributed by atoms with E-state index in [-0.39, 0.29) is 29.1 Å². The first kappa shape index (κ1) is 43.7. The van der Waals surface area contributed by atoms with Crippen LogP contribution in [0.2, 0.25) is 0 Å². The normalized spacial score (nSPS) is 18.8. The van der Waals surface area contributed by atoms with Gasteiger partial charge in [-0.2, -0.15) is 0 Å². The quantitative estimate of drug-likeness (QED) is 0.0881. The lowest BCUT2D eigenvalue weighted by Crippen LogP contribution is -2.43. The number of carboxylic acids is 1. The van der Waals surface area contributed by atoms with Crippen LogP contribution in [0.25, 0.3) is 22.3 Å². The van der Waals surface area contributed by atoms with E-state index in [4.69, 9.17) is 15.6 Å². The molecule has 0 bridgehead atoms. The Hall–Kier alpha value is -4.72. The number of aromatic nitrogens is 2. The molecular formula is C40H58N6O7S. The predicted molar refractivity (Wildman–Crippen MR) is 214 cm³/mol. The lowest BCUT2D eigenvalue weighted by molar-refractivity contribution is -0.138. The second-order valence-electron chi connectivity index (χ2n) is 13.6. The van der Waals surface area contributed by atoms with Crippen molar-refractivity contribution in [2.45, 2.75) is 116 Å². The molecule has 296 valence electrons. The van der Waals surface area contributed by atoms with E-state index in [9.17, 15) is 24.0 Å². The number of ether oxygens (including phenoxy) is 1. The third kappa shape index (κ3) is 13.9. The number of hydrogen-bond acceptors (Lipinski definition) is 9. The van der Waals surface area contributed by atoms with Crippen molar-refractivity contribution in [3.63, 3.8) is 0 Å². The van der Waals surface area contributed by atoms with Crippen molar-refractivity contribution in [3.05, 3.63) is 52.0 Å². The molecule has 0 spiro atoms. The first-order valence-electron chi connectivity index (χ1n) is 19.1. The van der Waals surface area contributed by atoms with Gasteiger partial charge in [0.25, 0.3) is 0 Å². The molecule has 2 aliphatic carbocycles. The van der Waals surface area contributed by atoms with Crippen LogP contribution in [0.1, 0.15) is 104 Å². The number of primary amides is 2. The monoisotopic (exact) mass is 766 g/mol. The number of anilines is 1. The summed E-state index contributed by atoms with van der Waals surface area (Å²) in [6, 6.07) is 7.16.